The molecule has 1 fully saturated rings. The number of thiophene rings is 1. The lowest BCUT2D eigenvalue weighted by Gasteiger charge is -2.25. The lowest BCUT2D eigenvalue weighted by atomic mass is 9.87. The Labute approximate surface area is 129 Å². The number of fused-ring (bicyclic) bond motifs is 1. The van der Waals surface area contributed by atoms with E-state index in [1.54, 1.807) is 11.3 Å². The summed E-state index contributed by atoms with van der Waals surface area (Å²) in [5, 5.41) is 13.9. The van der Waals surface area contributed by atoms with Gasteiger partial charge in [0.05, 0.1) is 11.0 Å². The van der Waals surface area contributed by atoms with Gasteiger partial charge < -0.3 is 10.4 Å². The molecule has 1 saturated carbocycles. The zero-order valence-electron chi connectivity index (χ0n) is 12.3. The summed E-state index contributed by atoms with van der Waals surface area (Å²) in [6, 6.07) is 8.13. The quantitative estimate of drug-likeness (QED) is 0.912. The molecule has 112 valence electrons. The Balaban J connectivity index is 1.68. The van der Waals surface area contributed by atoms with Crippen LogP contribution in [0.15, 0.2) is 24.3 Å². The van der Waals surface area contributed by atoms with Crippen LogP contribution in [0.25, 0.3) is 10.1 Å². The first-order chi connectivity index (χ1) is 10.1. The topological polar surface area (TPSA) is 49.3 Å². The molecule has 1 heterocycles. The molecule has 0 radical (unpaired) electrons. The van der Waals surface area contributed by atoms with E-state index in [0.717, 1.165) is 40.8 Å². The van der Waals surface area contributed by atoms with E-state index in [-0.39, 0.29) is 12.0 Å². The number of hydrogen-bond donors (Lipinski definition) is 2. The van der Waals surface area contributed by atoms with Crippen molar-refractivity contribution in [2.24, 2.45) is 5.92 Å². The van der Waals surface area contributed by atoms with Crippen LogP contribution in [0.5, 0.6) is 0 Å². The zero-order valence-corrected chi connectivity index (χ0v) is 13.1. The molecule has 2 aromatic rings. The highest BCUT2D eigenvalue weighted by molar-refractivity contribution is 7.21. The summed E-state index contributed by atoms with van der Waals surface area (Å²) in [5.41, 5.74) is 1.07. The van der Waals surface area contributed by atoms with Gasteiger partial charge in [-0.15, -0.1) is 11.3 Å². The molecule has 2 atom stereocenters. The average molecular weight is 303 g/mol. The third-order valence-electron chi connectivity index (χ3n) is 4.36. The van der Waals surface area contributed by atoms with Crippen LogP contribution in [0.3, 0.4) is 0 Å². The molecule has 1 aliphatic rings. The van der Waals surface area contributed by atoms with Crippen molar-refractivity contribution in [2.45, 2.75) is 38.7 Å². The molecular formula is C17H21NO2S. The summed E-state index contributed by atoms with van der Waals surface area (Å²) >= 11 is 1.56. The summed E-state index contributed by atoms with van der Waals surface area (Å²) in [5.74, 6) is 0.432. The molecule has 4 heteroatoms. The minimum absolute atomic E-state index is 0.0220. The number of rotatable bonds is 3. The fourth-order valence-electron chi connectivity index (χ4n) is 3.16. The number of amides is 1. The Morgan fingerprint density at radius 2 is 2.19 bits per heavy atom. The van der Waals surface area contributed by atoms with Gasteiger partial charge in [0.1, 0.15) is 0 Å². The molecule has 2 unspecified atom stereocenters. The van der Waals surface area contributed by atoms with E-state index in [1.807, 2.05) is 19.1 Å². The zero-order chi connectivity index (χ0) is 14.8. The molecule has 0 saturated heterocycles. The van der Waals surface area contributed by atoms with Crippen molar-refractivity contribution in [3.05, 3.63) is 34.7 Å². The molecule has 0 spiro atoms. The van der Waals surface area contributed by atoms with Gasteiger partial charge in [-0.25, -0.2) is 0 Å². The maximum absolute atomic E-state index is 12.4. The molecule has 0 bridgehead atoms. The van der Waals surface area contributed by atoms with Crippen LogP contribution < -0.4 is 5.32 Å². The predicted octanol–water partition coefficient (Wildman–Crippen LogP) is 3.49. The van der Waals surface area contributed by atoms with Gasteiger partial charge in [0, 0.05) is 11.2 Å². The minimum Gasteiger partial charge on any atom is -0.393 e. The van der Waals surface area contributed by atoms with Gasteiger partial charge in [-0.05, 0) is 49.1 Å². The Kier molecular flexibility index (Phi) is 4.27. The highest BCUT2D eigenvalue weighted by atomic mass is 32.1. The first-order valence-corrected chi connectivity index (χ1v) is 8.41. The van der Waals surface area contributed by atoms with Gasteiger partial charge in [-0.1, -0.05) is 24.6 Å². The third kappa shape index (κ3) is 3.11. The Morgan fingerprint density at radius 1 is 1.38 bits per heavy atom. The molecule has 21 heavy (non-hydrogen) atoms. The highest BCUT2D eigenvalue weighted by Gasteiger charge is 2.21. The lowest BCUT2D eigenvalue weighted by Crippen LogP contribution is -2.32. The number of nitrogens with one attached hydrogen (secondary N) is 1. The fourth-order valence-corrected chi connectivity index (χ4v) is 4.28. The maximum atomic E-state index is 12.4. The van der Waals surface area contributed by atoms with Gasteiger partial charge >= 0.3 is 0 Å². The summed E-state index contributed by atoms with van der Waals surface area (Å²) in [6.45, 7) is 2.68. The molecule has 3 nitrogen and oxygen atoms in total. The Hall–Kier alpha value is -1.39. The number of aliphatic hydroxyl groups excluding tert-OH is 1. The number of hydrogen-bond acceptors (Lipinski definition) is 3. The standard InChI is InChI=1S/C17H21NO2S/c1-11-14-7-2-3-8-15(14)21-16(11)17(20)18-10-12-5-4-6-13(19)9-12/h2-3,7-8,12-13,19H,4-6,9-10H2,1H3,(H,18,20). The van der Waals surface area contributed by atoms with Crippen molar-refractivity contribution in [3.63, 3.8) is 0 Å². The maximum Gasteiger partial charge on any atom is 0.261 e. The van der Waals surface area contributed by atoms with E-state index >= 15 is 0 Å². The normalized spacial score (nSPS) is 22.4. The van der Waals surface area contributed by atoms with E-state index in [4.69, 9.17) is 0 Å². The van der Waals surface area contributed by atoms with Crippen LogP contribution in [0, 0.1) is 12.8 Å². The first-order valence-electron chi connectivity index (χ1n) is 7.59. The van der Waals surface area contributed by atoms with Crippen LogP contribution >= 0.6 is 11.3 Å². The van der Waals surface area contributed by atoms with Gasteiger partial charge in [-0.2, -0.15) is 0 Å². The van der Waals surface area contributed by atoms with Crippen molar-refractivity contribution in [1.82, 2.24) is 5.32 Å². The number of carbonyl (C=O) groups is 1. The van der Waals surface area contributed by atoms with Crippen LogP contribution in [-0.4, -0.2) is 23.7 Å². The highest BCUT2D eigenvalue weighted by Crippen LogP contribution is 2.30. The van der Waals surface area contributed by atoms with E-state index in [9.17, 15) is 9.90 Å². The van der Waals surface area contributed by atoms with E-state index < -0.39 is 0 Å². The molecule has 1 amide bonds. The van der Waals surface area contributed by atoms with Crippen LogP contribution in [-0.2, 0) is 0 Å². The first kappa shape index (κ1) is 14.5. The molecular weight excluding hydrogens is 282 g/mol. The predicted molar refractivity (Wildman–Crippen MR) is 86.9 cm³/mol. The van der Waals surface area contributed by atoms with Crippen molar-refractivity contribution in [2.75, 3.05) is 6.54 Å². The molecule has 2 N–H and O–H groups in total. The molecule has 1 aromatic carbocycles. The molecule has 1 aliphatic carbocycles. The Morgan fingerprint density at radius 3 is 2.95 bits per heavy atom. The van der Waals surface area contributed by atoms with Crippen molar-refractivity contribution < 1.29 is 9.90 Å². The summed E-state index contributed by atoms with van der Waals surface area (Å²) in [7, 11) is 0. The molecule has 0 aliphatic heterocycles. The van der Waals surface area contributed by atoms with Gasteiger partial charge in [0.15, 0.2) is 0 Å². The lowest BCUT2D eigenvalue weighted by molar-refractivity contribution is 0.0876. The SMILES string of the molecule is Cc1c(C(=O)NCC2CCCC(O)C2)sc2ccccc12. The van der Waals surface area contributed by atoms with Crippen LogP contribution in [0.1, 0.15) is 40.9 Å². The second-order valence-electron chi connectivity index (χ2n) is 5.95. The van der Waals surface area contributed by atoms with E-state index in [0.29, 0.717) is 12.5 Å². The van der Waals surface area contributed by atoms with E-state index in [1.165, 1.54) is 5.39 Å². The number of carbonyl (C=O) groups excluding carboxylic acids is 1. The van der Waals surface area contributed by atoms with Gasteiger partial charge in [-0.3, -0.25) is 4.79 Å². The monoisotopic (exact) mass is 303 g/mol. The number of aryl methyl sites for hydroxylation is 1. The molecule has 1 aromatic heterocycles. The fraction of sp³-hybridized carbons (Fsp3) is 0.471. The van der Waals surface area contributed by atoms with Crippen LogP contribution in [0.4, 0.5) is 0 Å². The van der Waals surface area contributed by atoms with Crippen molar-refractivity contribution in [3.8, 4) is 0 Å². The van der Waals surface area contributed by atoms with E-state index in [2.05, 4.69) is 17.4 Å². The summed E-state index contributed by atoms with van der Waals surface area (Å²) in [4.78, 5) is 13.2. The second kappa shape index (κ2) is 6.16. The third-order valence-corrected chi connectivity index (χ3v) is 5.63. The van der Waals surface area contributed by atoms with Crippen molar-refractivity contribution in [1.29, 1.82) is 0 Å². The average Bonchev–Trinajstić information content (AvgIpc) is 2.83. The van der Waals surface area contributed by atoms with Crippen molar-refractivity contribution >= 4 is 27.3 Å². The molecule has 3 rings (SSSR count). The Bertz CT molecular complexity index is 649. The largest absolute Gasteiger partial charge is 0.393 e. The summed E-state index contributed by atoms with van der Waals surface area (Å²) in [6.07, 6.45) is 3.68. The minimum atomic E-state index is -0.188. The second-order valence-corrected chi connectivity index (χ2v) is 7.00. The van der Waals surface area contributed by atoms with Gasteiger partial charge in [0.25, 0.3) is 5.91 Å². The van der Waals surface area contributed by atoms with Gasteiger partial charge in [0.2, 0.25) is 0 Å². The smallest absolute Gasteiger partial charge is 0.261 e. The van der Waals surface area contributed by atoms with Crippen LogP contribution in [0.2, 0.25) is 0 Å². The number of benzene rings is 1. The summed E-state index contributed by atoms with van der Waals surface area (Å²) < 4.78 is 1.16. The number of aliphatic hydroxyl groups is 1.